The second-order valence-electron chi connectivity index (χ2n) is 5.20. The smallest absolute Gasteiger partial charge is 0.243 e. The van der Waals surface area contributed by atoms with Crippen LogP contribution in [0.15, 0.2) is 41.6 Å². The molecule has 5 nitrogen and oxygen atoms in total. The Bertz CT molecular complexity index is 758. The summed E-state index contributed by atoms with van der Waals surface area (Å²) >= 11 is 0. The normalized spacial score (nSPS) is 11.7. The van der Waals surface area contributed by atoms with Crippen molar-refractivity contribution in [3.63, 3.8) is 0 Å². The number of nitrogens with zero attached hydrogens (tertiary/aromatic N) is 2. The molecule has 1 heterocycles. The van der Waals surface area contributed by atoms with Crippen LogP contribution < -0.4 is 4.74 Å². The number of benzene rings is 1. The van der Waals surface area contributed by atoms with Gasteiger partial charge in [-0.15, -0.1) is 0 Å². The van der Waals surface area contributed by atoms with Crippen molar-refractivity contribution in [2.24, 2.45) is 0 Å². The highest BCUT2D eigenvalue weighted by Crippen LogP contribution is 2.27. The van der Waals surface area contributed by atoms with E-state index in [0.717, 1.165) is 11.1 Å². The van der Waals surface area contributed by atoms with Crippen LogP contribution in [0.5, 0.6) is 5.75 Å². The van der Waals surface area contributed by atoms with Crippen LogP contribution in [0.25, 0.3) is 0 Å². The zero-order valence-electron chi connectivity index (χ0n) is 13.2. The molecule has 0 bridgehead atoms. The van der Waals surface area contributed by atoms with Crippen molar-refractivity contribution >= 4 is 10.0 Å². The number of rotatable bonds is 5. The molecule has 0 spiro atoms. The molecule has 1 aromatic carbocycles. The van der Waals surface area contributed by atoms with Crippen LogP contribution >= 0.6 is 0 Å². The summed E-state index contributed by atoms with van der Waals surface area (Å²) in [6.07, 6.45) is 3.30. The van der Waals surface area contributed by atoms with Gasteiger partial charge in [-0.05, 0) is 54.8 Å². The van der Waals surface area contributed by atoms with Crippen molar-refractivity contribution in [1.82, 2.24) is 9.29 Å². The molecule has 0 atom stereocenters. The van der Waals surface area contributed by atoms with Gasteiger partial charge in [0.15, 0.2) is 0 Å². The third kappa shape index (κ3) is 3.28. The molecule has 0 aliphatic heterocycles. The zero-order chi connectivity index (χ0) is 16.3. The monoisotopic (exact) mass is 320 g/mol. The first-order valence-corrected chi connectivity index (χ1v) is 8.30. The lowest BCUT2D eigenvalue weighted by molar-refractivity contribution is 0.410. The Morgan fingerprint density at radius 1 is 1.14 bits per heavy atom. The van der Waals surface area contributed by atoms with E-state index in [9.17, 15) is 8.42 Å². The predicted octanol–water partition coefficient (Wildman–Crippen LogP) is 2.53. The largest absolute Gasteiger partial charge is 0.496 e. The van der Waals surface area contributed by atoms with Gasteiger partial charge in [0.05, 0.1) is 12.0 Å². The van der Waals surface area contributed by atoms with Gasteiger partial charge >= 0.3 is 0 Å². The van der Waals surface area contributed by atoms with Gasteiger partial charge in [-0.2, -0.15) is 4.31 Å². The van der Waals surface area contributed by atoms with E-state index in [1.54, 1.807) is 57.7 Å². The van der Waals surface area contributed by atoms with Gasteiger partial charge in [-0.3, -0.25) is 4.98 Å². The van der Waals surface area contributed by atoms with E-state index in [2.05, 4.69) is 4.98 Å². The van der Waals surface area contributed by atoms with Crippen LogP contribution in [0.1, 0.15) is 16.7 Å². The quantitative estimate of drug-likeness (QED) is 0.849. The second kappa shape index (κ2) is 6.46. The lowest BCUT2D eigenvalue weighted by Crippen LogP contribution is -2.27. The average Bonchev–Trinajstić information content (AvgIpc) is 2.50. The molecule has 22 heavy (non-hydrogen) atoms. The molecule has 0 saturated carbocycles. The van der Waals surface area contributed by atoms with Crippen molar-refractivity contribution in [3.05, 3.63) is 53.3 Å². The fraction of sp³-hybridized carbons (Fsp3) is 0.312. The second-order valence-corrected chi connectivity index (χ2v) is 7.22. The molecule has 2 rings (SSSR count). The van der Waals surface area contributed by atoms with Gasteiger partial charge in [-0.1, -0.05) is 0 Å². The minimum atomic E-state index is -3.56. The van der Waals surface area contributed by atoms with Crippen molar-refractivity contribution < 1.29 is 13.2 Å². The Morgan fingerprint density at radius 2 is 1.77 bits per heavy atom. The molecule has 0 fully saturated rings. The lowest BCUT2D eigenvalue weighted by Gasteiger charge is -2.19. The fourth-order valence-corrected chi connectivity index (χ4v) is 3.71. The van der Waals surface area contributed by atoms with Gasteiger partial charge in [0.1, 0.15) is 5.75 Å². The summed E-state index contributed by atoms with van der Waals surface area (Å²) in [5.41, 5.74) is 2.36. The zero-order valence-corrected chi connectivity index (χ0v) is 14.0. The number of methoxy groups -OCH3 is 1. The number of ether oxygens (including phenoxy) is 1. The van der Waals surface area contributed by atoms with Crippen LogP contribution in [0, 0.1) is 13.8 Å². The number of aromatic nitrogens is 1. The molecule has 6 heteroatoms. The first-order valence-electron chi connectivity index (χ1n) is 6.86. The van der Waals surface area contributed by atoms with E-state index in [1.807, 2.05) is 6.92 Å². The Balaban J connectivity index is 2.36. The van der Waals surface area contributed by atoms with Gasteiger partial charge in [0, 0.05) is 26.0 Å². The highest BCUT2D eigenvalue weighted by atomic mass is 32.2. The predicted molar refractivity (Wildman–Crippen MR) is 85.4 cm³/mol. The number of aryl methyl sites for hydroxylation is 2. The molecule has 0 amide bonds. The SMILES string of the molecule is COc1cc(C)c(S(=O)(=O)N(C)Cc2ccncc2)cc1C. The minimum absolute atomic E-state index is 0.301. The van der Waals surface area contributed by atoms with Gasteiger partial charge in [0.2, 0.25) is 10.0 Å². The summed E-state index contributed by atoms with van der Waals surface area (Å²) in [4.78, 5) is 4.24. The molecule has 2 aromatic rings. The summed E-state index contributed by atoms with van der Waals surface area (Å²) < 4.78 is 32.1. The molecule has 0 aliphatic carbocycles. The van der Waals surface area contributed by atoms with Crippen LogP contribution in [-0.4, -0.2) is 31.9 Å². The van der Waals surface area contributed by atoms with Crippen LogP contribution in [0.4, 0.5) is 0 Å². The molecule has 0 unspecified atom stereocenters. The van der Waals surface area contributed by atoms with E-state index in [1.165, 1.54) is 4.31 Å². The van der Waals surface area contributed by atoms with E-state index in [4.69, 9.17) is 4.74 Å². The lowest BCUT2D eigenvalue weighted by atomic mass is 10.1. The molecular formula is C16H20N2O3S. The summed E-state index contributed by atoms with van der Waals surface area (Å²) in [5, 5.41) is 0. The molecule has 0 N–H and O–H groups in total. The van der Waals surface area contributed by atoms with Gasteiger partial charge in [-0.25, -0.2) is 8.42 Å². The van der Waals surface area contributed by atoms with E-state index in [-0.39, 0.29) is 0 Å². The summed E-state index contributed by atoms with van der Waals surface area (Å²) in [6.45, 7) is 3.91. The fourth-order valence-electron chi connectivity index (χ4n) is 2.26. The topological polar surface area (TPSA) is 59.5 Å². The van der Waals surface area contributed by atoms with E-state index < -0.39 is 10.0 Å². The molecule has 118 valence electrons. The molecule has 0 radical (unpaired) electrons. The summed E-state index contributed by atoms with van der Waals surface area (Å²) in [6, 6.07) is 7.02. The van der Waals surface area contributed by atoms with Crippen molar-refractivity contribution in [3.8, 4) is 5.75 Å². The van der Waals surface area contributed by atoms with Crippen molar-refractivity contribution in [2.75, 3.05) is 14.2 Å². The number of sulfonamides is 1. The Hall–Kier alpha value is -1.92. The minimum Gasteiger partial charge on any atom is -0.496 e. The number of hydrogen-bond acceptors (Lipinski definition) is 4. The maximum absolute atomic E-state index is 12.8. The highest BCUT2D eigenvalue weighted by molar-refractivity contribution is 7.89. The van der Waals surface area contributed by atoms with E-state index >= 15 is 0 Å². The highest BCUT2D eigenvalue weighted by Gasteiger charge is 2.24. The van der Waals surface area contributed by atoms with E-state index in [0.29, 0.717) is 22.8 Å². The molecular weight excluding hydrogens is 300 g/mol. The number of pyridine rings is 1. The van der Waals surface area contributed by atoms with Crippen LogP contribution in [-0.2, 0) is 16.6 Å². The standard InChI is InChI=1S/C16H20N2O3S/c1-12-10-16(13(2)9-15(12)21-4)22(19,20)18(3)11-14-5-7-17-8-6-14/h5-10H,11H2,1-4H3. The number of hydrogen-bond donors (Lipinski definition) is 0. The summed E-state index contributed by atoms with van der Waals surface area (Å²) in [7, 11) is -0.405. The average molecular weight is 320 g/mol. The Morgan fingerprint density at radius 3 is 2.36 bits per heavy atom. The third-order valence-electron chi connectivity index (χ3n) is 3.54. The molecule has 0 aliphatic rings. The Kier molecular flexibility index (Phi) is 4.83. The third-order valence-corrected chi connectivity index (χ3v) is 5.48. The van der Waals surface area contributed by atoms with Crippen molar-refractivity contribution in [1.29, 1.82) is 0 Å². The molecule has 0 saturated heterocycles. The van der Waals surface area contributed by atoms with Crippen LogP contribution in [0.2, 0.25) is 0 Å². The van der Waals surface area contributed by atoms with Crippen molar-refractivity contribution in [2.45, 2.75) is 25.3 Å². The Labute approximate surface area is 131 Å². The maximum atomic E-state index is 12.8. The van der Waals surface area contributed by atoms with Gasteiger partial charge in [0.25, 0.3) is 0 Å². The van der Waals surface area contributed by atoms with Gasteiger partial charge < -0.3 is 4.74 Å². The summed E-state index contributed by atoms with van der Waals surface area (Å²) in [5.74, 6) is 0.688. The molecule has 1 aromatic heterocycles. The first-order chi connectivity index (χ1) is 10.4. The van der Waals surface area contributed by atoms with Crippen LogP contribution in [0.3, 0.4) is 0 Å². The maximum Gasteiger partial charge on any atom is 0.243 e. The first kappa shape index (κ1) is 16.5.